The third-order valence-electron chi connectivity index (χ3n) is 8.12. The molecule has 2 aromatic heterocycles. The van der Waals surface area contributed by atoms with Crippen LogP contribution in [0.2, 0.25) is 0 Å². The minimum Gasteiger partial charge on any atom is -0.456 e. The Morgan fingerprint density at radius 1 is 0.500 bits per heavy atom. The Bertz CT molecular complexity index is 2380. The van der Waals surface area contributed by atoms with Gasteiger partial charge in [-0.15, -0.1) is 0 Å². The van der Waals surface area contributed by atoms with E-state index < -0.39 is 0 Å². The fourth-order valence-corrected chi connectivity index (χ4v) is 6.17. The summed E-state index contributed by atoms with van der Waals surface area (Å²) in [5.74, 6) is 0. The van der Waals surface area contributed by atoms with Gasteiger partial charge in [-0.3, -0.25) is 0 Å². The van der Waals surface area contributed by atoms with Gasteiger partial charge in [0, 0.05) is 27.1 Å². The Labute approximate surface area is 241 Å². The highest BCUT2D eigenvalue weighted by Gasteiger charge is 2.21. The number of furan rings is 1. The molecule has 0 bridgehead atoms. The van der Waals surface area contributed by atoms with Gasteiger partial charge >= 0.3 is 0 Å². The molecule has 0 aliphatic rings. The van der Waals surface area contributed by atoms with Crippen LogP contribution in [0.4, 0.5) is 0 Å². The van der Waals surface area contributed by atoms with Crippen molar-refractivity contribution < 1.29 is 4.42 Å². The van der Waals surface area contributed by atoms with Gasteiger partial charge in [-0.1, -0.05) is 91.0 Å². The predicted molar refractivity (Wildman–Crippen MR) is 168 cm³/mol. The first kappa shape index (κ1) is 23.8. The predicted octanol–water partition coefficient (Wildman–Crippen LogP) is 9.76. The average molecular weight is 536 g/mol. The van der Waals surface area contributed by atoms with Crippen molar-refractivity contribution in [2.24, 2.45) is 0 Å². The van der Waals surface area contributed by atoms with Crippen molar-refractivity contribution >= 4 is 43.7 Å². The molecule has 6 aromatic carbocycles. The van der Waals surface area contributed by atoms with Crippen molar-refractivity contribution in [1.29, 1.82) is 10.5 Å². The van der Waals surface area contributed by atoms with Crippen molar-refractivity contribution in [3.63, 3.8) is 0 Å². The molecule has 194 valence electrons. The van der Waals surface area contributed by atoms with Crippen LogP contribution in [0.15, 0.2) is 132 Å². The first-order chi connectivity index (χ1) is 20.7. The standard InChI is InChI=1S/C38H21N3O/c39-22-27-17-19-28(38(33(27)23-40)41-34-10-4-1-7-29(34)30-8-2-5-11-35(30)41)25-15-13-24(14-16-25)26-18-20-37-32(21-26)31-9-3-6-12-36(31)42-37/h1-21H. The van der Waals surface area contributed by atoms with Crippen LogP contribution in [0, 0.1) is 22.7 Å². The smallest absolute Gasteiger partial charge is 0.135 e. The maximum atomic E-state index is 10.4. The summed E-state index contributed by atoms with van der Waals surface area (Å²) in [4.78, 5) is 0. The summed E-state index contributed by atoms with van der Waals surface area (Å²) >= 11 is 0. The summed E-state index contributed by atoms with van der Waals surface area (Å²) in [7, 11) is 0. The van der Waals surface area contributed by atoms with E-state index in [0.29, 0.717) is 16.8 Å². The molecule has 42 heavy (non-hydrogen) atoms. The van der Waals surface area contributed by atoms with Crippen molar-refractivity contribution in [3.05, 3.63) is 139 Å². The third-order valence-corrected chi connectivity index (χ3v) is 8.12. The SMILES string of the molecule is N#Cc1ccc(-c2ccc(-c3ccc4oc5ccccc5c4c3)cc2)c(-n2c3ccccc3c3ccccc32)c1C#N. The van der Waals surface area contributed by atoms with E-state index in [2.05, 4.69) is 83.4 Å². The molecule has 0 aliphatic carbocycles. The molecule has 0 radical (unpaired) electrons. The highest BCUT2D eigenvalue weighted by molar-refractivity contribution is 6.10. The number of para-hydroxylation sites is 3. The van der Waals surface area contributed by atoms with E-state index in [-0.39, 0.29) is 0 Å². The minimum atomic E-state index is 0.357. The molecular weight excluding hydrogens is 514 g/mol. The van der Waals surface area contributed by atoms with Gasteiger partial charge in [-0.05, 0) is 53.1 Å². The fourth-order valence-electron chi connectivity index (χ4n) is 6.17. The summed E-state index contributed by atoms with van der Waals surface area (Å²) in [5, 5.41) is 24.7. The maximum Gasteiger partial charge on any atom is 0.135 e. The summed E-state index contributed by atoms with van der Waals surface area (Å²) in [6, 6.07) is 47.5. The van der Waals surface area contributed by atoms with Gasteiger partial charge in [0.05, 0.1) is 27.8 Å². The third kappa shape index (κ3) is 3.47. The lowest BCUT2D eigenvalue weighted by Crippen LogP contribution is -2.03. The molecule has 0 spiro atoms. The second-order valence-electron chi connectivity index (χ2n) is 10.4. The molecule has 0 N–H and O–H groups in total. The molecular formula is C38H21N3O. The van der Waals surface area contributed by atoms with Gasteiger partial charge in [-0.25, -0.2) is 0 Å². The lowest BCUT2D eigenvalue weighted by molar-refractivity contribution is 0.669. The van der Waals surface area contributed by atoms with Crippen LogP contribution < -0.4 is 0 Å². The van der Waals surface area contributed by atoms with Crippen LogP contribution in [0.3, 0.4) is 0 Å². The molecule has 8 aromatic rings. The zero-order valence-electron chi connectivity index (χ0n) is 22.4. The summed E-state index contributed by atoms with van der Waals surface area (Å²) in [6.07, 6.45) is 0. The van der Waals surface area contributed by atoms with E-state index in [0.717, 1.165) is 66.0 Å². The molecule has 0 amide bonds. The molecule has 0 saturated heterocycles. The summed E-state index contributed by atoms with van der Waals surface area (Å²) < 4.78 is 8.15. The lowest BCUT2D eigenvalue weighted by Gasteiger charge is -2.17. The van der Waals surface area contributed by atoms with Crippen molar-refractivity contribution in [3.8, 4) is 40.1 Å². The second-order valence-corrected chi connectivity index (χ2v) is 10.4. The van der Waals surface area contributed by atoms with Gasteiger partial charge in [0.25, 0.3) is 0 Å². The van der Waals surface area contributed by atoms with E-state index in [9.17, 15) is 10.5 Å². The summed E-state index contributed by atoms with van der Waals surface area (Å²) in [5.41, 5.74) is 9.20. The number of hydrogen-bond acceptors (Lipinski definition) is 3. The van der Waals surface area contributed by atoms with Crippen LogP contribution in [-0.4, -0.2) is 4.57 Å². The number of hydrogen-bond donors (Lipinski definition) is 0. The monoisotopic (exact) mass is 535 g/mol. The topological polar surface area (TPSA) is 65.7 Å². The average Bonchev–Trinajstić information content (AvgIpc) is 3.59. The Morgan fingerprint density at radius 2 is 1.10 bits per heavy atom. The Balaban J connectivity index is 1.33. The van der Waals surface area contributed by atoms with E-state index >= 15 is 0 Å². The highest BCUT2D eigenvalue weighted by Crippen LogP contribution is 2.39. The van der Waals surface area contributed by atoms with Gasteiger partial charge in [0.1, 0.15) is 23.3 Å². The van der Waals surface area contributed by atoms with Crippen molar-refractivity contribution in [2.45, 2.75) is 0 Å². The first-order valence-corrected chi connectivity index (χ1v) is 13.7. The largest absolute Gasteiger partial charge is 0.456 e. The van der Waals surface area contributed by atoms with Gasteiger partial charge < -0.3 is 8.98 Å². The van der Waals surface area contributed by atoms with Gasteiger partial charge in [-0.2, -0.15) is 10.5 Å². The van der Waals surface area contributed by atoms with Crippen LogP contribution >= 0.6 is 0 Å². The van der Waals surface area contributed by atoms with E-state index in [1.807, 2.05) is 54.6 Å². The van der Waals surface area contributed by atoms with Gasteiger partial charge in [0.2, 0.25) is 0 Å². The molecule has 8 rings (SSSR count). The Kier molecular flexibility index (Phi) is 5.22. The van der Waals surface area contributed by atoms with Crippen LogP contribution in [0.5, 0.6) is 0 Å². The molecule has 0 aliphatic heterocycles. The quantitative estimate of drug-likeness (QED) is 0.226. The number of nitriles is 2. The number of rotatable bonds is 3. The number of benzene rings is 6. The number of nitrogens with zero attached hydrogens (tertiary/aromatic N) is 3. The van der Waals surface area contributed by atoms with Crippen LogP contribution in [0.1, 0.15) is 11.1 Å². The van der Waals surface area contributed by atoms with E-state index in [1.165, 1.54) is 0 Å². The molecule has 0 atom stereocenters. The van der Waals surface area contributed by atoms with Gasteiger partial charge in [0.15, 0.2) is 0 Å². The maximum absolute atomic E-state index is 10.4. The zero-order valence-corrected chi connectivity index (χ0v) is 22.4. The highest BCUT2D eigenvalue weighted by atomic mass is 16.3. The molecule has 0 saturated carbocycles. The fraction of sp³-hybridized carbons (Fsp3) is 0. The van der Waals surface area contributed by atoms with E-state index in [1.54, 1.807) is 6.07 Å². The summed E-state index contributed by atoms with van der Waals surface area (Å²) in [6.45, 7) is 0. The molecule has 0 fully saturated rings. The van der Waals surface area contributed by atoms with Crippen molar-refractivity contribution in [1.82, 2.24) is 4.57 Å². The first-order valence-electron chi connectivity index (χ1n) is 13.7. The Hall–Kier alpha value is -6.10. The molecule has 4 heteroatoms. The minimum absolute atomic E-state index is 0.357. The lowest BCUT2D eigenvalue weighted by atomic mass is 9.94. The van der Waals surface area contributed by atoms with Crippen molar-refractivity contribution in [2.75, 3.05) is 0 Å². The van der Waals surface area contributed by atoms with Crippen LogP contribution in [-0.2, 0) is 0 Å². The molecule has 0 unspecified atom stereocenters. The number of fused-ring (bicyclic) bond motifs is 6. The normalized spacial score (nSPS) is 11.3. The van der Waals surface area contributed by atoms with E-state index in [4.69, 9.17) is 4.42 Å². The van der Waals surface area contributed by atoms with Crippen LogP contribution in [0.25, 0.3) is 71.7 Å². The molecule has 4 nitrogen and oxygen atoms in total. The molecule has 2 heterocycles. The zero-order chi connectivity index (χ0) is 28.2. The Morgan fingerprint density at radius 3 is 1.79 bits per heavy atom. The second kappa shape index (κ2) is 9.24. The number of aromatic nitrogens is 1.